The first-order chi connectivity index (χ1) is 9.40. The molecule has 0 aliphatic carbocycles. The number of aliphatic hydroxyl groups is 3. The molecule has 20 heavy (non-hydrogen) atoms. The van der Waals surface area contributed by atoms with Crippen LogP contribution in [0.1, 0.15) is 6.92 Å². The Bertz CT molecular complexity index is 497. The van der Waals surface area contributed by atoms with Gasteiger partial charge in [-0.2, -0.15) is 0 Å². The summed E-state index contributed by atoms with van der Waals surface area (Å²) < 4.78 is 5.34. The van der Waals surface area contributed by atoms with E-state index in [9.17, 15) is 25.4 Å². The van der Waals surface area contributed by atoms with E-state index in [1.807, 2.05) is 0 Å². The summed E-state index contributed by atoms with van der Waals surface area (Å²) in [6.45, 7) is 1.56. The van der Waals surface area contributed by atoms with E-state index in [4.69, 9.17) is 4.74 Å². The van der Waals surface area contributed by atoms with Crippen LogP contribution in [0.4, 0.5) is 11.4 Å². The molecule has 1 heterocycles. The van der Waals surface area contributed by atoms with Gasteiger partial charge in [-0.1, -0.05) is 6.07 Å². The molecular weight excluding hydrogens is 268 g/mol. The Morgan fingerprint density at radius 3 is 2.60 bits per heavy atom. The lowest BCUT2D eigenvalue weighted by Gasteiger charge is -2.39. The van der Waals surface area contributed by atoms with Gasteiger partial charge in [-0.3, -0.25) is 10.1 Å². The number of nitro groups is 1. The van der Waals surface area contributed by atoms with E-state index in [0.717, 1.165) is 0 Å². The largest absolute Gasteiger partial charge is 0.388 e. The molecule has 110 valence electrons. The van der Waals surface area contributed by atoms with Gasteiger partial charge in [0.2, 0.25) is 0 Å². The summed E-state index contributed by atoms with van der Waals surface area (Å²) in [5, 5.41) is 42.5. The number of non-ortho nitro benzene ring substituents is 1. The molecule has 8 heteroatoms. The molecular formula is C12H16N2O6. The number of aliphatic hydroxyl groups excluding tert-OH is 3. The van der Waals surface area contributed by atoms with Gasteiger partial charge in [0.05, 0.1) is 11.0 Å². The number of nitro benzene ring substituents is 1. The summed E-state index contributed by atoms with van der Waals surface area (Å²) in [5.74, 6) is 0. The summed E-state index contributed by atoms with van der Waals surface area (Å²) in [5.41, 5.74) is 0.271. The zero-order chi connectivity index (χ0) is 14.9. The monoisotopic (exact) mass is 284 g/mol. The maximum atomic E-state index is 10.7. The van der Waals surface area contributed by atoms with Crippen molar-refractivity contribution in [1.82, 2.24) is 0 Å². The van der Waals surface area contributed by atoms with Crippen molar-refractivity contribution in [1.29, 1.82) is 0 Å². The highest BCUT2D eigenvalue weighted by atomic mass is 16.6. The van der Waals surface area contributed by atoms with Crippen LogP contribution in [0.15, 0.2) is 24.3 Å². The van der Waals surface area contributed by atoms with Crippen LogP contribution in [0.2, 0.25) is 0 Å². The Hall–Kier alpha value is -1.74. The SMILES string of the molecule is C[C@H]1O[C@@H](Nc2cccc([N+](=O)[O-])c2)[C@@H](O)[C@@H](O)[C@@H]1O. The van der Waals surface area contributed by atoms with Crippen LogP contribution in [0, 0.1) is 10.1 Å². The van der Waals surface area contributed by atoms with Crippen molar-refractivity contribution in [3.05, 3.63) is 34.4 Å². The average molecular weight is 284 g/mol. The van der Waals surface area contributed by atoms with Crippen molar-refractivity contribution in [3.8, 4) is 0 Å². The quantitative estimate of drug-likeness (QED) is 0.448. The zero-order valence-electron chi connectivity index (χ0n) is 10.7. The fourth-order valence-corrected chi connectivity index (χ4v) is 2.04. The normalized spacial score (nSPS) is 33.7. The van der Waals surface area contributed by atoms with E-state index in [0.29, 0.717) is 5.69 Å². The first-order valence-electron chi connectivity index (χ1n) is 6.11. The molecule has 0 bridgehead atoms. The standard InChI is InChI=1S/C12H16N2O6/c1-6-9(15)10(16)11(17)12(20-6)13-7-3-2-4-8(5-7)14(18)19/h2-6,9-13,15-17H,1H3/t6-,9-,10+,11+,12-/m1/s1. The van der Waals surface area contributed by atoms with Crippen LogP contribution in [0.3, 0.4) is 0 Å². The molecule has 0 aromatic heterocycles. The summed E-state index contributed by atoms with van der Waals surface area (Å²) in [6.07, 6.45) is -5.53. The fourth-order valence-electron chi connectivity index (χ4n) is 2.04. The van der Waals surface area contributed by atoms with Gasteiger partial charge in [0, 0.05) is 17.8 Å². The van der Waals surface area contributed by atoms with Gasteiger partial charge in [0.15, 0.2) is 6.23 Å². The smallest absolute Gasteiger partial charge is 0.271 e. The summed E-state index contributed by atoms with van der Waals surface area (Å²) in [6, 6.07) is 5.69. The predicted molar refractivity (Wildman–Crippen MR) is 69.1 cm³/mol. The van der Waals surface area contributed by atoms with E-state index in [-0.39, 0.29) is 5.69 Å². The first-order valence-corrected chi connectivity index (χ1v) is 6.11. The average Bonchev–Trinajstić information content (AvgIpc) is 2.42. The molecule has 0 spiro atoms. The lowest BCUT2D eigenvalue weighted by Crippen LogP contribution is -2.58. The van der Waals surface area contributed by atoms with Gasteiger partial charge in [0.25, 0.3) is 5.69 Å². The topological polar surface area (TPSA) is 125 Å². The number of anilines is 1. The van der Waals surface area contributed by atoms with E-state index in [1.54, 1.807) is 13.0 Å². The third kappa shape index (κ3) is 2.88. The number of benzene rings is 1. The van der Waals surface area contributed by atoms with Gasteiger partial charge in [0.1, 0.15) is 18.3 Å². The van der Waals surface area contributed by atoms with Gasteiger partial charge in [-0.15, -0.1) is 0 Å². The molecule has 0 amide bonds. The van der Waals surface area contributed by atoms with Crippen molar-refractivity contribution < 1.29 is 25.0 Å². The molecule has 8 nitrogen and oxygen atoms in total. The van der Waals surface area contributed by atoms with Crippen LogP contribution in [-0.2, 0) is 4.74 Å². The Labute approximate surface area is 114 Å². The molecule has 1 aromatic carbocycles. The lowest BCUT2D eigenvalue weighted by atomic mass is 9.99. The molecule has 1 fully saturated rings. The minimum atomic E-state index is -1.35. The highest BCUT2D eigenvalue weighted by Gasteiger charge is 2.41. The molecule has 0 radical (unpaired) electrons. The van der Waals surface area contributed by atoms with Crippen molar-refractivity contribution >= 4 is 11.4 Å². The molecule has 1 aromatic rings. The second-order valence-electron chi connectivity index (χ2n) is 4.69. The van der Waals surface area contributed by atoms with Gasteiger partial charge in [-0.05, 0) is 13.0 Å². The van der Waals surface area contributed by atoms with Gasteiger partial charge >= 0.3 is 0 Å². The molecule has 1 saturated heterocycles. The number of hydrogen-bond donors (Lipinski definition) is 4. The molecule has 5 atom stereocenters. The number of rotatable bonds is 3. The van der Waals surface area contributed by atoms with Crippen molar-refractivity contribution in [3.63, 3.8) is 0 Å². The summed E-state index contributed by atoms with van der Waals surface area (Å²) in [7, 11) is 0. The lowest BCUT2D eigenvalue weighted by molar-refractivity contribution is -0.384. The zero-order valence-corrected chi connectivity index (χ0v) is 10.7. The maximum absolute atomic E-state index is 10.7. The van der Waals surface area contributed by atoms with Crippen molar-refractivity contribution in [2.75, 3.05) is 5.32 Å². The van der Waals surface area contributed by atoms with Crippen molar-refractivity contribution in [2.45, 2.75) is 37.6 Å². The van der Waals surface area contributed by atoms with E-state index >= 15 is 0 Å². The molecule has 2 rings (SSSR count). The molecule has 1 aliphatic heterocycles. The molecule has 0 unspecified atom stereocenters. The number of ether oxygens (including phenoxy) is 1. The third-order valence-electron chi connectivity index (χ3n) is 3.22. The Kier molecular flexibility index (Phi) is 4.19. The summed E-state index contributed by atoms with van der Waals surface area (Å²) in [4.78, 5) is 10.1. The molecule has 0 saturated carbocycles. The molecule has 4 N–H and O–H groups in total. The van der Waals surface area contributed by atoms with Crippen LogP contribution in [0.5, 0.6) is 0 Å². The van der Waals surface area contributed by atoms with Crippen LogP contribution < -0.4 is 5.32 Å². The Morgan fingerprint density at radius 2 is 1.95 bits per heavy atom. The van der Waals surface area contributed by atoms with Gasteiger partial charge in [-0.25, -0.2) is 0 Å². The highest BCUT2D eigenvalue weighted by molar-refractivity contribution is 5.51. The third-order valence-corrected chi connectivity index (χ3v) is 3.22. The number of nitrogens with one attached hydrogen (secondary N) is 1. The minimum absolute atomic E-state index is 0.103. The first kappa shape index (κ1) is 14.7. The van der Waals surface area contributed by atoms with Crippen LogP contribution in [-0.4, -0.2) is 50.9 Å². The maximum Gasteiger partial charge on any atom is 0.271 e. The Morgan fingerprint density at radius 1 is 1.25 bits per heavy atom. The molecule has 1 aliphatic rings. The van der Waals surface area contributed by atoms with Crippen LogP contribution >= 0.6 is 0 Å². The Balaban J connectivity index is 2.13. The second kappa shape index (κ2) is 5.71. The van der Waals surface area contributed by atoms with Crippen LogP contribution in [0.25, 0.3) is 0 Å². The minimum Gasteiger partial charge on any atom is -0.388 e. The number of nitrogens with zero attached hydrogens (tertiary/aromatic N) is 1. The predicted octanol–water partition coefficient (Wildman–Crippen LogP) is -0.166. The van der Waals surface area contributed by atoms with E-state index in [1.165, 1.54) is 18.2 Å². The van der Waals surface area contributed by atoms with E-state index in [2.05, 4.69) is 5.32 Å². The van der Waals surface area contributed by atoms with E-state index < -0.39 is 35.6 Å². The van der Waals surface area contributed by atoms with Crippen molar-refractivity contribution in [2.24, 2.45) is 0 Å². The fraction of sp³-hybridized carbons (Fsp3) is 0.500. The highest BCUT2D eigenvalue weighted by Crippen LogP contribution is 2.24. The summed E-state index contributed by atoms with van der Waals surface area (Å²) >= 11 is 0. The number of hydrogen-bond acceptors (Lipinski definition) is 7. The van der Waals surface area contributed by atoms with Gasteiger partial charge < -0.3 is 25.4 Å². The second-order valence-corrected chi connectivity index (χ2v) is 4.69.